The Morgan fingerprint density at radius 1 is 1.06 bits per heavy atom. The minimum Gasteiger partial charge on any atom is -0.497 e. The van der Waals surface area contributed by atoms with Crippen molar-refractivity contribution in [1.82, 2.24) is 19.2 Å². The number of nitrogens with zero attached hydrogens (tertiary/aromatic N) is 4. The van der Waals surface area contributed by atoms with E-state index in [0.29, 0.717) is 29.5 Å². The number of ether oxygens (including phenoxy) is 2. The van der Waals surface area contributed by atoms with Crippen LogP contribution in [0.15, 0.2) is 59.4 Å². The molecule has 2 aromatic heterocycles. The van der Waals surface area contributed by atoms with Gasteiger partial charge in [0.1, 0.15) is 23.9 Å². The standard InChI is InChI=1S/C23H23N5O4/c1-4-32-19-11-7-17(8-12-19)25-22(29)14-27-23(30)28-15(2)24-20(13-21(28)26-27)16-5-9-18(31-3)10-6-16/h5-13H,4,14H2,1-3H3,(H,25,29). The van der Waals surface area contributed by atoms with Gasteiger partial charge in [0, 0.05) is 17.3 Å². The molecule has 32 heavy (non-hydrogen) atoms. The lowest BCUT2D eigenvalue weighted by molar-refractivity contribution is -0.117. The van der Waals surface area contributed by atoms with Gasteiger partial charge in [-0.1, -0.05) is 0 Å². The highest BCUT2D eigenvalue weighted by atomic mass is 16.5. The number of carbonyl (C=O) groups is 1. The zero-order chi connectivity index (χ0) is 22.7. The van der Waals surface area contributed by atoms with E-state index in [4.69, 9.17) is 9.47 Å². The highest BCUT2D eigenvalue weighted by molar-refractivity contribution is 5.90. The van der Waals surface area contributed by atoms with E-state index in [1.165, 1.54) is 4.40 Å². The van der Waals surface area contributed by atoms with Gasteiger partial charge in [-0.2, -0.15) is 0 Å². The van der Waals surface area contributed by atoms with Crippen molar-refractivity contribution in [3.63, 3.8) is 0 Å². The second kappa shape index (κ2) is 8.93. The predicted octanol–water partition coefficient (Wildman–Crippen LogP) is 2.91. The molecule has 4 aromatic rings. The minimum atomic E-state index is -0.423. The number of nitrogens with one attached hydrogen (secondary N) is 1. The van der Waals surface area contributed by atoms with Crippen LogP contribution < -0.4 is 20.5 Å². The third-order valence-electron chi connectivity index (χ3n) is 4.86. The first-order valence-corrected chi connectivity index (χ1v) is 10.1. The van der Waals surface area contributed by atoms with Crippen LogP contribution in [0.4, 0.5) is 5.69 Å². The van der Waals surface area contributed by atoms with Crippen molar-refractivity contribution < 1.29 is 14.3 Å². The molecule has 0 unspecified atom stereocenters. The second-order valence-corrected chi connectivity index (χ2v) is 7.06. The van der Waals surface area contributed by atoms with Gasteiger partial charge >= 0.3 is 5.69 Å². The zero-order valence-corrected chi connectivity index (χ0v) is 18.0. The molecule has 0 radical (unpaired) electrons. The van der Waals surface area contributed by atoms with Gasteiger partial charge in [0.15, 0.2) is 5.65 Å². The molecule has 2 aromatic carbocycles. The van der Waals surface area contributed by atoms with Crippen LogP contribution in [0, 0.1) is 6.92 Å². The Hall–Kier alpha value is -4.14. The summed E-state index contributed by atoms with van der Waals surface area (Å²) in [7, 11) is 1.61. The molecule has 0 atom stereocenters. The normalized spacial score (nSPS) is 10.8. The maximum atomic E-state index is 12.8. The van der Waals surface area contributed by atoms with Crippen molar-refractivity contribution in [2.75, 3.05) is 19.0 Å². The Kier molecular flexibility index (Phi) is 5.89. The summed E-state index contributed by atoms with van der Waals surface area (Å²) < 4.78 is 13.1. The van der Waals surface area contributed by atoms with E-state index in [-0.39, 0.29) is 12.5 Å². The zero-order valence-electron chi connectivity index (χ0n) is 18.0. The molecule has 0 bridgehead atoms. The van der Waals surface area contributed by atoms with Crippen molar-refractivity contribution in [1.29, 1.82) is 0 Å². The first kappa shape index (κ1) is 21.1. The monoisotopic (exact) mass is 433 g/mol. The lowest BCUT2D eigenvalue weighted by Gasteiger charge is -2.06. The fourth-order valence-electron chi connectivity index (χ4n) is 3.35. The number of benzene rings is 2. The van der Waals surface area contributed by atoms with Gasteiger partial charge in [0.05, 0.1) is 19.4 Å². The summed E-state index contributed by atoms with van der Waals surface area (Å²) in [5, 5.41) is 7.10. The molecule has 1 amide bonds. The van der Waals surface area contributed by atoms with E-state index >= 15 is 0 Å². The van der Waals surface area contributed by atoms with Crippen LogP contribution in [0.2, 0.25) is 0 Å². The molecule has 1 N–H and O–H groups in total. The fraction of sp³-hybridized carbons (Fsp3) is 0.217. The Morgan fingerprint density at radius 3 is 2.41 bits per heavy atom. The van der Waals surface area contributed by atoms with Crippen molar-refractivity contribution in [3.05, 3.63) is 70.9 Å². The van der Waals surface area contributed by atoms with Crippen molar-refractivity contribution in [2.45, 2.75) is 20.4 Å². The maximum absolute atomic E-state index is 12.8. The van der Waals surface area contributed by atoms with Crippen molar-refractivity contribution >= 4 is 17.2 Å². The van der Waals surface area contributed by atoms with E-state index in [1.54, 1.807) is 44.4 Å². The average molecular weight is 433 g/mol. The van der Waals surface area contributed by atoms with Crippen molar-refractivity contribution in [3.8, 4) is 22.8 Å². The SMILES string of the molecule is CCOc1ccc(NC(=O)Cn2nc3cc(-c4ccc(OC)cc4)nc(C)n3c2=O)cc1. The predicted molar refractivity (Wildman–Crippen MR) is 120 cm³/mol. The van der Waals surface area contributed by atoms with Crippen LogP contribution in [-0.4, -0.2) is 38.8 Å². The summed E-state index contributed by atoms with van der Waals surface area (Å²) in [6.45, 7) is 3.98. The number of aryl methyl sites for hydroxylation is 1. The van der Waals surface area contributed by atoms with Crippen LogP contribution >= 0.6 is 0 Å². The third kappa shape index (κ3) is 4.31. The number of hydrogen-bond acceptors (Lipinski definition) is 6. The van der Waals surface area contributed by atoms with Gasteiger partial charge < -0.3 is 14.8 Å². The smallest absolute Gasteiger partial charge is 0.352 e. The molecule has 0 saturated heterocycles. The molecule has 0 spiro atoms. The average Bonchev–Trinajstić information content (AvgIpc) is 3.10. The summed E-state index contributed by atoms with van der Waals surface area (Å²) in [6, 6.07) is 16.2. The molecule has 0 fully saturated rings. The number of amides is 1. The molecule has 164 valence electrons. The Balaban J connectivity index is 1.56. The largest absolute Gasteiger partial charge is 0.497 e. The van der Waals surface area contributed by atoms with E-state index in [2.05, 4.69) is 15.4 Å². The Bertz CT molecular complexity index is 1310. The molecule has 2 heterocycles. The molecule has 0 aliphatic carbocycles. The molecule has 4 rings (SSSR count). The van der Waals surface area contributed by atoms with Gasteiger partial charge in [-0.15, -0.1) is 5.10 Å². The number of methoxy groups -OCH3 is 1. The number of carbonyl (C=O) groups excluding carboxylic acids is 1. The van der Waals surface area contributed by atoms with Gasteiger partial charge in [-0.25, -0.2) is 18.9 Å². The highest BCUT2D eigenvalue weighted by Gasteiger charge is 2.15. The minimum absolute atomic E-state index is 0.217. The number of rotatable bonds is 7. The Morgan fingerprint density at radius 2 is 1.75 bits per heavy atom. The third-order valence-corrected chi connectivity index (χ3v) is 4.86. The number of anilines is 1. The Labute approximate surface area is 184 Å². The fourth-order valence-corrected chi connectivity index (χ4v) is 3.35. The van der Waals surface area contributed by atoms with Gasteiger partial charge in [-0.05, 0) is 62.4 Å². The van der Waals surface area contributed by atoms with Crippen LogP contribution in [0.1, 0.15) is 12.7 Å². The van der Waals surface area contributed by atoms with E-state index < -0.39 is 5.69 Å². The summed E-state index contributed by atoms with van der Waals surface area (Å²) in [4.78, 5) is 29.8. The number of aromatic nitrogens is 4. The van der Waals surface area contributed by atoms with Gasteiger partial charge in [-0.3, -0.25) is 4.79 Å². The van der Waals surface area contributed by atoms with E-state index in [9.17, 15) is 9.59 Å². The summed E-state index contributed by atoms with van der Waals surface area (Å²) >= 11 is 0. The van der Waals surface area contributed by atoms with E-state index in [1.807, 2.05) is 31.2 Å². The summed E-state index contributed by atoms with van der Waals surface area (Å²) in [6.07, 6.45) is 0. The molecular weight excluding hydrogens is 410 g/mol. The summed E-state index contributed by atoms with van der Waals surface area (Å²) in [5.41, 5.74) is 2.14. The van der Waals surface area contributed by atoms with E-state index in [0.717, 1.165) is 21.7 Å². The summed E-state index contributed by atoms with van der Waals surface area (Å²) in [5.74, 6) is 1.58. The van der Waals surface area contributed by atoms with Gasteiger partial charge in [0.25, 0.3) is 0 Å². The highest BCUT2D eigenvalue weighted by Crippen LogP contribution is 2.22. The van der Waals surface area contributed by atoms with Crippen LogP contribution in [0.5, 0.6) is 11.5 Å². The first-order valence-electron chi connectivity index (χ1n) is 10.1. The van der Waals surface area contributed by atoms with Crippen LogP contribution in [-0.2, 0) is 11.3 Å². The molecule has 0 aliphatic heterocycles. The quantitative estimate of drug-likeness (QED) is 0.481. The molecule has 0 aliphatic rings. The molecule has 9 nitrogen and oxygen atoms in total. The topological polar surface area (TPSA) is 99.8 Å². The van der Waals surface area contributed by atoms with Gasteiger partial charge in [0.2, 0.25) is 5.91 Å². The van der Waals surface area contributed by atoms with Crippen LogP contribution in [0.3, 0.4) is 0 Å². The lowest BCUT2D eigenvalue weighted by Crippen LogP contribution is -2.28. The maximum Gasteiger partial charge on any atom is 0.352 e. The second-order valence-electron chi connectivity index (χ2n) is 7.06. The first-order chi connectivity index (χ1) is 15.5. The van der Waals surface area contributed by atoms with Crippen molar-refractivity contribution in [2.24, 2.45) is 0 Å². The van der Waals surface area contributed by atoms with Crippen LogP contribution in [0.25, 0.3) is 16.9 Å². The molecular formula is C23H23N5O4. The lowest BCUT2D eigenvalue weighted by atomic mass is 10.1. The molecule has 9 heteroatoms. The number of hydrogen-bond donors (Lipinski definition) is 1. The molecule has 0 saturated carbocycles. The number of fused-ring (bicyclic) bond motifs is 1.